The zero-order valence-electron chi connectivity index (χ0n) is 11.6. The summed E-state index contributed by atoms with van der Waals surface area (Å²) in [6.07, 6.45) is 11.4. The largest absolute Gasteiger partial charge is 0.103 e. The molecule has 0 spiro atoms. The van der Waals surface area contributed by atoms with Gasteiger partial charge in [-0.15, -0.1) is 6.58 Å². The molecule has 0 aliphatic rings. The molecule has 0 rings (SSSR count). The van der Waals surface area contributed by atoms with Crippen LogP contribution in [0, 0.1) is 0 Å². The zero-order chi connectivity index (χ0) is 12.4. The number of hydrogen-bond donors (Lipinski definition) is 0. The minimum Gasteiger partial charge on any atom is -0.103 e. The van der Waals surface area contributed by atoms with Crippen molar-refractivity contribution in [3.05, 3.63) is 35.5 Å². The van der Waals surface area contributed by atoms with Crippen LogP contribution in [-0.4, -0.2) is 0 Å². The average Bonchev–Trinajstić information content (AvgIpc) is 2.28. The Morgan fingerprint density at radius 1 is 1.12 bits per heavy atom. The molecular weight excluding hydrogens is 192 g/mol. The lowest BCUT2D eigenvalue weighted by atomic mass is 9.95. The molecule has 0 heteroatoms. The highest BCUT2D eigenvalue weighted by molar-refractivity contribution is 5.15. The Kier molecular flexibility index (Phi) is 8.99. The first kappa shape index (κ1) is 15.2. The molecule has 0 saturated heterocycles. The summed E-state index contributed by atoms with van der Waals surface area (Å²) in [6, 6.07) is 0. The maximum atomic E-state index is 3.81. The first-order chi connectivity index (χ1) is 7.69. The molecule has 0 saturated carbocycles. The molecule has 0 heterocycles. The summed E-state index contributed by atoms with van der Waals surface area (Å²) in [4.78, 5) is 0. The maximum Gasteiger partial charge on any atom is -0.0142 e. The molecule has 0 fully saturated rings. The second-order valence-corrected chi connectivity index (χ2v) is 4.43. The zero-order valence-corrected chi connectivity index (χ0v) is 11.6. The first-order valence-corrected chi connectivity index (χ1v) is 6.61. The van der Waals surface area contributed by atoms with Gasteiger partial charge in [-0.25, -0.2) is 0 Å². The van der Waals surface area contributed by atoms with Crippen LogP contribution in [0.1, 0.15) is 66.2 Å². The Morgan fingerprint density at radius 2 is 1.81 bits per heavy atom. The predicted molar refractivity (Wildman–Crippen MR) is 75.7 cm³/mol. The summed E-state index contributed by atoms with van der Waals surface area (Å²) < 4.78 is 0. The lowest BCUT2D eigenvalue weighted by Crippen LogP contribution is -1.91. The lowest BCUT2D eigenvalue weighted by Gasteiger charge is -2.11. The highest BCUT2D eigenvalue weighted by Gasteiger charge is 2.02. The number of rotatable bonds is 8. The van der Waals surface area contributed by atoms with Crippen LogP contribution in [-0.2, 0) is 0 Å². The summed E-state index contributed by atoms with van der Waals surface area (Å²) in [7, 11) is 0. The Hall–Kier alpha value is -0.780. The van der Waals surface area contributed by atoms with Gasteiger partial charge in [0.2, 0.25) is 0 Å². The molecule has 0 aliphatic carbocycles. The van der Waals surface area contributed by atoms with Crippen molar-refractivity contribution in [1.82, 2.24) is 0 Å². The molecule has 0 bridgehead atoms. The van der Waals surface area contributed by atoms with Gasteiger partial charge >= 0.3 is 0 Å². The molecule has 92 valence electrons. The van der Waals surface area contributed by atoms with Crippen molar-refractivity contribution in [3.63, 3.8) is 0 Å². The molecule has 0 aromatic heterocycles. The highest BCUT2D eigenvalue weighted by atomic mass is 14.1. The van der Waals surface area contributed by atoms with E-state index in [0.717, 1.165) is 6.42 Å². The first-order valence-electron chi connectivity index (χ1n) is 6.61. The van der Waals surface area contributed by atoms with Crippen LogP contribution < -0.4 is 0 Å². The smallest absolute Gasteiger partial charge is 0.0142 e. The van der Waals surface area contributed by atoms with Gasteiger partial charge in [-0.05, 0) is 46.0 Å². The van der Waals surface area contributed by atoms with Crippen molar-refractivity contribution >= 4 is 0 Å². The van der Waals surface area contributed by atoms with Gasteiger partial charge in [0.25, 0.3) is 0 Å². The van der Waals surface area contributed by atoms with E-state index in [4.69, 9.17) is 0 Å². The molecule has 0 aliphatic heterocycles. The van der Waals surface area contributed by atoms with Crippen LogP contribution >= 0.6 is 0 Å². The summed E-state index contributed by atoms with van der Waals surface area (Å²) in [5.41, 5.74) is 4.79. The van der Waals surface area contributed by atoms with Gasteiger partial charge < -0.3 is 0 Å². The van der Waals surface area contributed by atoms with E-state index in [-0.39, 0.29) is 0 Å². The topological polar surface area (TPSA) is 0 Å². The predicted octanol–water partition coefficient (Wildman–Crippen LogP) is 5.82. The second kappa shape index (κ2) is 9.45. The summed E-state index contributed by atoms with van der Waals surface area (Å²) in [5, 5.41) is 0. The van der Waals surface area contributed by atoms with E-state index in [0.29, 0.717) is 0 Å². The Bertz CT molecular complexity index is 253. The van der Waals surface area contributed by atoms with Gasteiger partial charge in [0.1, 0.15) is 0 Å². The van der Waals surface area contributed by atoms with E-state index in [9.17, 15) is 0 Å². The van der Waals surface area contributed by atoms with E-state index in [1.165, 1.54) is 37.7 Å². The molecular formula is C16H28. The number of allylic oxidation sites excluding steroid dienone is 5. The monoisotopic (exact) mass is 220 g/mol. The van der Waals surface area contributed by atoms with Crippen LogP contribution in [0.4, 0.5) is 0 Å². The van der Waals surface area contributed by atoms with Gasteiger partial charge in [0.15, 0.2) is 0 Å². The lowest BCUT2D eigenvalue weighted by molar-refractivity contribution is 0.803. The third kappa shape index (κ3) is 5.95. The molecule has 0 atom stereocenters. The summed E-state index contributed by atoms with van der Waals surface area (Å²) >= 11 is 0. The minimum absolute atomic E-state index is 1.04. The highest BCUT2D eigenvalue weighted by Crippen LogP contribution is 2.22. The van der Waals surface area contributed by atoms with Crippen molar-refractivity contribution in [1.29, 1.82) is 0 Å². The van der Waals surface area contributed by atoms with E-state index >= 15 is 0 Å². The third-order valence-electron chi connectivity index (χ3n) is 3.22. The van der Waals surface area contributed by atoms with Gasteiger partial charge in [-0.2, -0.15) is 0 Å². The van der Waals surface area contributed by atoms with E-state index in [1.807, 2.05) is 6.08 Å². The van der Waals surface area contributed by atoms with Gasteiger partial charge in [-0.1, -0.05) is 49.1 Å². The molecule has 0 nitrogen and oxygen atoms in total. The minimum atomic E-state index is 1.04. The van der Waals surface area contributed by atoms with E-state index < -0.39 is 0 Å². The average molecular weight is 220 g/mol. The summed E-state index contributed by atoms with van der Waals surface area (Å²) in [5.74, 6) is 0. The summed E-state index contributed by atoms with van der Waals surface area (Å²) in [6.45, 7) is 12.8. The van der Waals surface area contributed by atoms with Crippen molar-refractivity contribution in [2.45, 2.75) is 66.2 Å². The van der Waals surface area contributed by atoms with Crippen molar-refractivity contribution in [3.8, 4) is 0 Å². The standard InChI is InChI=1S/C16H28/c1-6-10-14(5)16(9-4)13-12-15(8-3)11-7-2/h7-8H,2,6,9-13H2,1,3-5H3. The molecule has 0 radical (unpaired) electrons. The normalized spacial score (nSPS) is 13.6. The third-order valence-corrected chi connectivity index (χ3v) is 3.22. The van der Waals surface area contributed by atoms with Crippen LogP contribution in [0.15, 0.2) is 35.5 Å². The van der Waals surface area contributed by atoms with E-state index in [1.54, 1.807) is 11.1 Å². The SMILES string of the molecule is C=CCC(=CC)CCC(CC)=C(C)CCC. The fourth-order valence-electron chi connectivity index (χ4n) is 2.10. The molecule has 0 aromatic rings. The fourth-order valence-corrected chi connectivity index (χ4v) is 2.10. The molecule has 0 N–H and O–H groups in total. The quantitative estimate of drug-likeness (QED) is 0.452. The number of hydrogen-bond acceptors (Lipinski definition) is 0. The Labute approximate surface area is 102 Å². The van der Waals surface area contributed by atoms with Crippen LogP contribution in [0.5, 0.6) is 0 Å². The van der Waals surface area contributed by atoms with Gasteiger partial charge in [0, 0.05) is 0 Å². The Balaban J connectivity index is 4.33. The Morgan fingerprint density at radius 3 is 2.25 bits per heavy atom. The molecule has 0 aromatic carbocycles. The molecule has 0 amide bonds. The van der Waals surface area contributed by atoms with E-state index in [2.05, 4.69) is 40.3 Å². The van der Waals surface area contributed by atoms with Crippen molar-refractivity contribution in [2.24, 2.45) is 0 Å². The van der Waals surface area contributed by atoms with Crippen LogP contribution in [0.3, 0.4) is 0 Å². The fraction of sp³-hybridized carbons (Fsp3) is 0.625. The van der Waals surface area contributed by atoms with Crippen LogP contribution in [0.25, 0.3) is 0 Å². The maximum absolute atomic E-state index is 3.81. The van der Waals surface area contributed by atoms with Crippen molar-refractivity contribution < 1.29 is 0 Å². The van der Waals surface area contributed by atoms with Crippen LogP contribution in [0.2, 0.25) is 0 Å². The molecule has 16 heavy (non-hydrogen) atoms. The molecule has 0 unspecified atom stereocenters. The van der Waals surface area contributed by atoms with Gasteiger partial charge in [0.05, 0.1) is 0 Å². The van der Waals surface area contributed by atoms with Crippen molar-refractivity contribution in [2.75, 3.05) is 0 Å². The van der Waals surface area contributed by atoms with Gasteiger partial charge in [-0.3, -0.25) is 0 Å². The second-order valence-electron chi connectivity index (χ2n) is 4.43.